The lowest BCUT2D eigenvalue weighted by molar-refractivity contribution is -0.131. The largest absolute Gasteiger partial charge is 0.462 e. The summed E-state index contributed by atoms with van der Waals surface area (Å²) in [7, 11) is 10.3. The van der Waals surface area contributed by atoms with Crippen molar-refractivity contribution in [3.05, 3.63) is 129 Å². The van der Waals surface area contributed by atoms with E-state index in [0.717, 1.165) is 41.8 Å². The van der Waals surface area contributed by atoms with Gasteiger partial charge in [-0.2, -0.15) is 0 Å². The number of carbonyl (C=O) groups is 1. The third-order valence-electron chi connectivity index (χ3n) is 10.5. The smallest absolute Gasteiger partial charge is 0.339 e. The molecule has 0 bridgehead atoms. The normalized spacial score (nSPS) is 20.9. The van der Waals surface area contributed by atoms with E-state index in [1.165, 1.54) is 54.7 Å². The number of likely N-dealkylation sites (N-methyl/N-ethyl adjacent to an activating group) is 1. The molecule has 7 nitrogen and oxygen atoms in total. The minimum Gasteiger partial charge on any atom is -0.462 e. The van der Waals surface area contributed by atoms with Crippen LogP contribution in [0, 0.1) is 5.92 Å². The highest BCUT2D eigenvalue weighted by molar-refractivity contribution is 9.10. The van der Waals surface area contributed by atoms with E-state index < -0.39 is 5.60 Å². The molecule has 278 valence electrons. The van der Waals surface area contributed by atoms with Crippen molar-refractivity contribution in [1.29, 1.82) is 0 Å². The van der Waals surface area contributed by atoms with Gasteiger partial charge in [0, 0.05) is 88.0 Å². The fraction of sp³-hybridized carbons (Fsp3) is 0.333. The van der Waals surface area contributed by atoms with Crippen molar-refractivity contribution in [2.24, 2.45) is 13.0 Å². The number of hydrogen-bond donors (Lipinski definition) is 0. The molecule has 3 aliphatic rings. The summed E-state index contributed by atoms with van der Waals surface area (Å²) in [6, 6.07) is 23.3. The summed E-state index contributed by atoms with van der Waals surface area (Å²) < 4.78 is 15.0. The first-order valence-electron chi connectivity index (χ1n) is 17.6. The second-order valence-corrected chi connectivity index (χ2v) is 16.7. The van der Waals surface area contributed by atoms with Crippen LogP contribution in [0.15, 0.2) is 106 Å². The van der Waals surface area contributed by atoms with Gasteiger partial charge in [0.25, 0.3) is 0 Å². The Morgan fingerprint density at radius 3 is 2.64 bits per heavy atom. The number of likely N-dealkylation sites (tertiary alicyclic amines) is 1. The quantitative estimate of drug-likeness (QED) is 0.149. The summed E-state index contributed by atoms with van der Waals surface area (Å²) in [4.78, 5) is 23.8. The van der Waals surface area contributed by atoms with Gasteiger partial charge in [-0.1, -0.05) is 59.8 Å². The van der Waals surface area contributed by atoms with Gasteiger partial charge in [0.2, 0.25) is 0 Å². The number of rotatable bonds is 7. The third-order valence-corrected chi connectivity index (χ3v) is 12.3. The van der Waals surface area contributed by atoms with E-state index in [1.807, 2.05) is 24.9 Å². The summed E-state index contributed by atoms with van der Waals surface area (Å²) in [6.45, 7) is 2.26. The maximum Gasteiger partial charge on any atom is 0.339 e. The van der Waals surface area contributed by atoms with Gasteiger partial charge in [-0.25, -0.2) is 4.79 Å². The number of piperidine rings is 1. The number of ether oxygens (including phenoxy) is 2. The molecule has 3 aromatic carbocycles. The topological polar surface area (TPSA) is 59.8 Å². The number of methoxy groups -OCH3 is 1. The first-order valence-corrected chi connectivity index (χ1v) is 19.6. The number of hydrogen-bond acceptors (Lipinski definition) is 7. The third kappa shape index (κ3) is 7.99. The predicted molar refractivity (Wildman–Crippen MR) is 222 cm³/mol. The van der Waals surface area contributed by atoms with Crippen LogP contribution in [-0.2, 0) is 28.5 Å². The predicted octanol–water partition coefficient (Wildman–Crippen LogP) is 9.52. The maximum absolute atomic E-state index is 12.5. The molecule has 2 aliphatic heterocycles. The van der Waals surface area contributed by atoms with Gasteiger partial charge < -0.3 is 18.9 Å². The van der Waals surface area contributed by atoms with Crippen molar-refractivity contribution < 1.29 is 14.3 Å². The van der Waals surface area contributed by atoms with Crippen molar-refractivity contribution in [2.45, 2.75) is 40.7 Å². The SMILES string of the molecule is CN(C)CCC=C1c2ccccc2Sc2ccc(Cl)cc21.COC12CC(COC(=O)c3cncc(Br)c3)CN(C)C1Cc1cn(C)c3cccc2c13.Cl. The van der Waals surface area contributed by atoms with Crippen LogP contribution in [0.5, 0.6) is 0 Å². The van der Waals surface area contributed by atoms with E-state index in [0.29, 0.717) is 12.2 Å². The Hall–Kier alpha value is -3.15. The Morgan fingerprint density at radius 2 is 1.87 bits per heavy atom. The van der Waals surface area contributed by atoms with Gasteiger partial charge >= 0.3 is 5.97 Å². The molecule has 0 N–H and O–H groups in total. The Balaban J connectivity index is 0.000000191. The molecule has 2 aromatic heterocycles. The van der Waals surface area contributed by atoms with Crippen LogP contribution in [-0.4, -0.2) is 79.3 Å². The molecule has 1 aliphatic carbocycles. The number of carbonyl (C=O) groups excluding carboxylic acids is 1. The van der Waals surface area contributed by atoms with Crippen LogP contribution in [0.25, 0.3) is 16.5 Å². The van der Waals surface area contributed by atoms with E-state index in [2.05, 4.69) is 130 Å². The van der Waals surface area contributed by atoms with Crippen LogP contribution in [0.1, 0.15) is 45.5 Å². The zero-order chi connectivity index (χ0) is 36.6. The van der Waals surface area contributed by atoms with Crippen molar-refractivity contribution in [3.63, 3.8) is 0 Å². The molecule has 5 aromatic rings. The van der Waals surface area contributed by atoms with Crippen molar-refractivity contribution in [2.75, 3.05) is 47.9 Å². The van der Waals surface area contributed by atoms with Gasteiger partial charge in [-0.3, -0.25) is 9.88 Å². The Kier molecular flexibility index (Phi) is 12.5. The van der Waals surface area contributed by atoms with Crippen LogP contribution in [0.3, 0.4) is 0 Å². The molecule has 0 spiro atoms. The fourth-order valence-corrected chi connectivity index (χ4v) is 9.78. The van der Waals surface area contributed by atoms with E-state index in [4.69, 9.17) is 21.1 Å². The average Bonchev–Trinajstić information content (AvgIpc) is 3.46. The van der Waals surface area contributed by atoms with Gasteiger partial charge in [0.05, 0.1) is 12.2 Å². The van der Waals surface area contributed by atoms with E-state index in [-0.39, 0.29) is 30.3 Å². The average molecular weight is 837 g/mol. The highest BCUT2D eigenvalue weighted by atomic mass is 79.9. The minimum atomic E-state index is -0.421. The fourth-order valence-electron chi connectivity index (χ4n) is 8.16. The molecule has 53 heavy (non-hydrogen) atoms. The second kappa shape index (κ2) is 16.7. The Bertz CT molecular complexity index is 2160. The molecule has 11 heteroatoms. The van der Waals surface area contributed by atoms with E-state index in [1.54, 1.807) is 12.3 Å². The van der Waals surface area contributed by atoms with Gasteiger partial charge in [-0.05, 0) is 121 Å². The molecule has 0 amide bonds. The Morgan fingerprint density at radius 1 is 1.08 bits per heavy atom. The van der Waals surface area contributed by atoms with Crippen LogP contribution >= 0.6 is 51.7 Å². The van der Waals surface area contributed by atoms with Gasteiger partial charge in [0.15, 0.2) is 0 Å². The molecule has 1 saturated heterocycles. The highest BCUT2D eigenvalue weighted by Gasteiger charge is 2.52. The number of nitrogens with zero attached hydrogens (tertiary/aromatic N) is 4. The molecular weight excluding hydrogens is 791 g/mol. The van der Waals surface area contributed by atoms with Gasteiger partial charge in [0.1, 0.15) is 5.60 Å². The summed E-state index contributed by atoms with van der Waals surface area (Å²) in [5.74, 6) is -0.174. The number of aryl methyl sites for hydroxylation is 1. The van der Waals surface area contributed by atoms with Gasteiger partial charge in [-0.15, -0.1) is 12.4 Å². The Labute approximate surface area is 336 Å². The van der Waals surface area contributed by atoms with Crippen molar-refractivity contribution in [3.8, 4) is 0 Å². The van der Waals surface area contributed by atoms with Crippen molar-refractivity contribution in [1.82, 2.24) is 19.4 Å². The lowest BCUT2D eigenvalue weighted by atomic mass is 9.69. The number of halogens is 3. The summed E-state index contributed by atoms with van der Waals surface area (Å²) in [6.07, 6.45) is 10.6. The van der Waals surface area contributed by atoms with Crippen molar-refractivity contribution >= 4 is 74.1 Å². The van der Waals surface area contributed by atoms with E-state index in [9.17, 15) is 4.79 Å². The van der Waals surface area contributed by atoms with Crippen LogP contribution < -0.4 is 0 Å². The maximum atomic E-state index is 12.5. The zero-order valence-corrected chi connectivity index (χ0v) is 34.6. The van der Waals surface area contributed by atoms with E-state index >= 15 is 0 Å². The second-order valence-electron chi connectivity index (χ2n) is 14.2. The zero-order valence-electron chi connectivity index (χ0n) is 30.6. The molecule has 3 atom stereocenters. The van der Waals surface area contributed by atoms with Crippen LogP contribution in [0.4, 0.5) is 0 Å². The number of aromatic nitrogens is 2. The molecule has 3 unspecified atom stereocenters. The number of esters is 1. The lowest BCUT2D eigenvalue weighted by Gasteiger charge is -2.53. The first kappa shape index (κ1) is 39.5. The molecule has 0 radical (unpaired) electrons. The molecule has 1 fully saturated rings. The summed E-state index contributed by atoms with van der Waals surface area (Å²) in [5.41, 5.74) is 7.78. The first-order chi connectivity index (χ1) is 25.1. The highest BCUT2D eigenvalue weighted by Crippen LogP contribution is 2.50. The molecular formula is C42H45BrCl2N4O3S. The minimum absolute atomic E-state index is 0. The number of benzene rings is 3. The molecule has 4 heterocycles. The standard InChI is InChI=1S/C24H26BrN3O3.C18H18ClNS.ClH/c1-27-13-17-8-21-24(30-3,19-5-4-6-20(27)22(17)19)9-15(12-28(21)2)14-31-23(29)16-7-18(25)11-26-10-16;1-20(2)11-5-7-14-15-6-3-4-8-17(15)21-18-10-9-13(19)12-16(14)18;/h4-7,10-11,13,15,21H,8-9,12,14H2,1-3H3;3-4,6-10,12H,5,11H2,1-2H3;1H. The lowest BCUT2D eigenvalue weighted by Crippen LogP contribution is -2.59. The summed E-state index contributed by atoms with van der Waals surface area (Å²) in [5, 5.41) is 2.11. The summed E-state index contributed by atoms with van der Waals surface area (Å²) >= 11 is 11.4. The molecule has 0 saturated carbocycles. The number of fused-ring (bicyclic) bond motifs is 4. The van der Waals surface area contributed by atoms with Crippen LogP contribution in [0.2, 0.25) is 5.02 Å². The monoisotopic (exact) mass is 834 g/mol. The molecule has 8 rings (SSSR count). The number of pyridine rings is 1.